The lowest BCUT2D eigenvalue weighted by Gasteiger charge is -2.24. The first kappa shape index (κ1) is 13.0. The average molecular weight is 288 g/mol. The van der Waals surface area contributed by atoms with Crippen LogP contribution in [0.4, 0.5) is 5.82 Å². The third-order valence-corrected chi connectivity index (χ3v) is 3.93. The molecular weight excluding hydrogens is 272 g/mol. The number of nitrogens with one attached hydrogen (secondary N) is 1. The third-order valence-electron chi connectivity index (χ3n) is 3.23. The molecule has 6 nitrogen and oxygen atoms in total. The van der Waals surface area contributed by atoms with E-state index >= 15 is 0 Å². The molecule has 0 spiro atoms. The highest BCUT2D eigenvalue weighted by molar-refractivity contribution is 7.07. The van der Waals surface area contributed by atoms with Gasteiger partial charge < -0.3 is 10.2 Å². The van der Waals surface area contributed by atoms with E-state index in [2.05, 4.69) is 56.3 Å². The van der Waals surface area contributed by atoms with E-state index in [4.69, 9.17) is 0 Å². The fraction of sp³-hybridized carbons (Fsp3) is 0.308. The predicted octanol–water partition coefficient (Wildman–Crippen LogP) is 1.90. The van der Waals surface area contributed by atoms with Crippen molar-refractivity contribution in [1.29, 1.82) is 0 Å². The molecule has 7 heteroatoms. The Kier molecular flexibility index (Phi) is 3.62. The van der Waals surface area contributed by atoms with Crippen LogP contribution in [-0.2, 0) is 0 Å². The van der Waals surface area contributed by atoms with Crippen molar-refractivity contribution < 1.29 is 0 Å². The number of fused-ring (bicyclic) bond motifs is 1. The summed E-state index contributed by atoms with van der Waals surface area (Å²) in [6, 6.07) is 2.45. The maximum Gasteiger partial charge on any atom is 0.203 e. The van der Waals surface area contributed by atoms with Crippen LogP contribution in [0.3, 0.4) is 0 Å². The van der Waals surface area contributed by atoms with Crippen LogP contribution in [0.25, 0.3) is 5.65 Å². The molecule has 0 bridgehead atoms. The Morgan fingerprint density at radius 1 is 1.45 bits per heavy atom. The standard InChI is InChI=1S/C13H16N6S/c1-18(2)11(10-3-6-20-8-10)7-15-12-13-17-16-9-19(13)5-4-14-12/h3-6,8-9,11H,7H2,1-2H3,(H,14,15)/t11-/m0/s1. The van der Waals surface area contributed by atoms with Gasteiger partial charge in [0.15, 0.2) is 5.82 Å². The van der Waals surface area contributed by atoms with E-state index < -0.39 is 0 Å². The molecule has 0 aliphatic carbocycles. The molecule has 0 unspecified atom stereocenters. The van der Waals surface area contributed by atoms with Gasteiger partial charge >= 0.3 is 0 Å². The molecule has 0 fully saturated rings. The number of hydrogen-bond acceptors (Lipinski definition) is 6. The second-order valence-electron chi connectivity index (χ2n) is 4.75. The van der Waals surface area contributed by atoms with E-state index in [1.54, 1.807) is 23.9 Å². The zero-order valence-corrected chi connectivity index (χ0v) is 12.2. The molecule has 3 heterocycles. The Morgan fingerprint density at radius 2 is 2.35 bits per heavy atom. The summed E-state index contributed by atoms with van der Waals surface area (Å²) >= 11 is 1.71. The number of likely N-dealkylation sites (N-methyl/N-ethyl adjacent to an activating group) is 1. The quantitative estimate of drug-likeness (QED) is 0.777. The van der Waals surface area contributed by atoms with E-state index in [-0.39, 0.29) is 0 Å². The van der Waals surface area contributed by atoms with Crippen molar-refractivity contribution >= 4 is 22.8 Å². The molecule has 0 aliphatic rings. The average Bonchev–Trinajstić information content (AvgIpc) is 3.09. The molecule has 3 aromatic rings. The first-order valence-corrected chi connectivity index (χ1v) is 7.26. The first-order chi connectivity index (χ1) is 9.75. The summed E-state index contributed by atoms with van der Waals surface area (Å²) in [6.45, 7) is 0.767. The molecular formula is C13H16N6S. The minimum Gasteiger partial charge on any atom is -0.365 e. The summed E-state index contributed by atoms with van der Waals surface area (Å²) in [6.07, 6.45) is 5.25. The first-order valence-electron chi connectivity index (χ1n) is 6.32. The Balaban J connectivity index is 1.79. The molecule has 3 rings (SSSR count). The summed E-state index contributed by atoms with van der Waals surface area (Å²) < 4.78 is 1.85. The molecule has 0 saturated heterocycles. The van der Waals surface area contributed by atoms with Gasteiger partial charge in [-0.25, -0.2) is 4.98 Å². The summed E-state index contributed by atoms with van der Waals surface area (Å²) in [7, 11) is 4.16. The minimum absolute atomic E-state index is 0.297. The number of anilines is 1. The number of aromatic nitrogens is 4. The summed E-state index contributed by atoms with van der Waals surface area (Å²) in [5.74, 6) is 0.757. The van der Waals surface area contributed by atoms with Gasteiger partial charge in [0.1, 0.15) is 6.33 Å². The molecule has 3 aromatic heterocycles. The molecule has 0 aromatic carbocycles. The lowest BCUT2D eigenvalue weighted by atomic mass is 10.1. The van der Waals surface area contributed by atoms with Crippen molar-refractivity contribution in [2.45, 2.75) is 6.04 Å². The van der Waals surface area contributed by atoms with Crippen LogP contribution in [-0.4, -0.2) is 45.1 Å². The fourth-order valence-corrected chi connectivity index (χ4v) is 2.85. The molecule has 0 saturated carbocycles. The third kappa shape index (κ3) is 2.50. The maximum absolute atomic E-state index is 4.34. The Bertz CT molecular complexity index is 675. The van der Waals surface area contributed by atoms with E-state index in [0.717, 1.165) is 18.0 Å². The lowest BCUT2D eigenvalue weighted by molar-refractivity contribution is 0.312. The molecule has 104 valence electrons. The molecule has 0 aliphatic heterocycles. The molecule has 0 radical (unpaired) electrons. The monoisotopic (exact) mass is 288 g/mol. The highest BCUT2D eigenvalue weighted by atomic mass is 32.1. The fourth-order valence-electron chi connectivity index (χ4n) is 2.14. The molecule has 0 amide bonds. The van der Waals surface area contributed by atoms with Gasteiger partial charge in [-0.15, -0.1) is 10.2 Å². The van der Waals surface area contributed by atoms with Crippen molar-refractivity contribution in [3.8, 4) is 0 Å². The number of nitrogens with zero attached hydrogens (tertiary/aromatic N) is 5. The number of rotatable bonds is 5. The van der Waals surface area contributed by atoms with E-state index in [1.807, 2.05) is 10.6 Å². The van der Waals surface area contributed by atoms with Gasteiger partial charge in [-0.1, -0.05) is 0 Å². The predicted molar refractivity (Wildman–Crippen MR) is 80.0 cm³/mol. The molecule has 20 heavy (non-hydrogen) atoms. The van der Waals surface area contributed by atoms with Crippen molar-refractivity contribution in [2.24, 2.45) is 0 Å². The second kappa shape index (κ2) is 5.56. The van der Waals surface area contributed by atoms with Crippen molar-refractivity contribution in [1.82, 2.24) is 24.5 Å². The molecule has 1 atom stereocenters. The van der Waals surface area contributed by atoms with Crippen LogP contribution in [0.15, 0.2) is 35.5 Å². The highest BCUT2D eigenvalue weighted by Crippen LogP contribution is 2.21. The SMILES string of the molecule is CN(C)[C@@H](CNc1nccn2cnnc12)c1ccsc1. The van der Waals surface area contributed by atoms with Gasteiger partial charge in [0.05, 0.1) is 6.04 Å². The topological polar surface area (TPSA) is 58.4 Å². The Morgan fingerprint density at radius 3 is 3.10 bits per heavy atom. The van der Waals surface area contributed by atoms with Crippen molar-refractivity contribution in [3.63, 3.8) is 0 Å². The number of hydrogen-bond donors (Lipinski definition) is 1. The highest BCUT2D eigenvalue weighted by Gasteiger charge is 2.15. The largest absolute Gasteiger partial charge is 0.365 e. The van der Waals surface area contributed by atoms with Crippen LogP contribution in [0, 0.1) is 0 Å². The summed E-state index contributed by atoms with van der Waals surface area (Å²) in [5.41, 5.74) is 2.05. The van der Waals surface area contributed by atoms with Gasteiger partial charge in [0, 0.05) is 18.9 Å². The Labute approximate surface area is 121 Å². The summed E-state index contributed by atoms with van der Waals surface area (Å²) in [4.78, 5) is 6.53. The second-order valence-corrected chi connectivity index (χ2v) is 5.53. The van der Waals surface area contributed by atoms with Crippen molar-refractivity contribution in [3.05, 3.63) is 41.1 Å². The maximum atomic E-state index is 4.34. The van der Waals surface area contributed by atoms with E-state index in [0.29, 0.717) is 6.04 Å². The molecule has 1 N–H and O–H groups in total. The smallest absolute Gasteiger partial charge is 0.203 e. The zero-order valence-electron chi connectivity index (χ0n) is 11.4. The Hall–Kier alpha value is -1.99. The van der Waals surface area contributed by atoms with Gasteiger partial charge in [-0.2, -0.15) is 11.3 Å². The zero-order chi connectivity index (χ0) is 13.9. The minimum atomic E-state index is 0.297. The van der Waals surface area contributed by atoms with E-state index in [1.165, 1.54) is 5.56 Å². The normalized spacial score (nSPS) is 12.9. The van der Waals surface area contributed by atoms with Crippen LogP contribution >= 0.6 is 11.3 Å². The van der Waals surface area contributed by atoms with Crippen LogP contribution in [0.5, 0.6) is 0 Å². The number of thiophene rings is 1. The van der Waals surface area contributed by atoms with Crippen LogP contribution in [0.2, 0.25) is 0 Å². The van der Waals surface area contributed by atoms with Gasteiger partial charge in [0.25, 0.3) is 0 Å². The van der Waals surface area contributed by atoms with Crippen molar-refractivity contribution in [2.75, 3.05) is 26.0 Å². The lowest BCUT2D eigenvalue weighted by Crippen LogP contribution is -2.26. The van der Waals surface area contributed by atoms with Gasteiger partial charge in [-0.05, 0) is 36.5 Å². The van der Waals surface area contributed by atoms with E-state index in [9.17, 15) is 0 Å². The van der Waals surface area contributed by atoms with Gasteiger partial charge in [0.2, 0.25) is 5.65 Å². The summed E-state index contributed by atoms with van der Waals surface area (Å²) in [5, 5.41) is 15.6. The van der Waals surface area contributed by atoms with Crippen LogP contribution < -0.4 is 5.32 Å². The van der Waals surface area contributed by atoms with Crippen LogP contribution in [0.1, 0.15) is 11.6 Å². The van der Waals surface area contributed by atoms with Gasteiger partial charge in [-0.3, -0.25) is 4.40 Å².